The van der Waals surface area contributed by atoms with Gasteiger partial charge in [-0.05, 0) is 37.3 Å². The van der Waals surface area contributed by atoms with Crippen LogP contribution in [0.2, 0.25) is 0 Å². The highest BCUT2D eigenvalue weighted by molar-refractivity contribution is 5.88. The van der Waals surface area contributed by atoms with Crippen molar-refractivity contribution in [2.45, 2.75) is 26.3 Å². The molecule has 3 rings (SSSR count). The maximum atomic E-state index is 12.4. The third kappa shape index (κ3) is 4.81. The van der Waals surface area contributed by atoms with Crippen LogP contribution in [0.4, 0.5) is 0 Å². The Morgan fingerprint density at radius 2 is 1.97 bits per heavy atom. The molecule has 0 saturated carbocycles. The van der Waals surface area contributed by atoms with Crippen LogP contribution in [0, 0.1) is 6.92 Å². The van der Waals surface area contributed by atoms with Gasteiger partial charge in [0.05, 0.1) is 13.7 Å². The minimum atomic E-state index is -1.06. The molecule has 0 aliphatic heterocycles. The average Bonchev–Trinajstić information content (AvgIpc) is 3.32. The van der Waals surface area contributed by atoms with Crippen molar-refractivity contribution in [1.82, 2.24) is 15.0 Å². The number of carboxylic acid groups (broad SMARTS) is 1. The summed E-state index contributed by atoms with van der Waals surface area (Å²) in [6.07, 6.45) is 0.468. The highest BCUT2D eigenvalue weighted by atomic mass is 16.5. The Kier molecular flexibility index (Phi) is 5.96. The normalized spacial score (nSPS) is 10.7. The molecule has 0 unspecified atom stereocenters. The van der Waals surface area contributed by atoms with Gasteiger partial charge in [-0.25, -0.2) is 4.79 Å². The van der Waals surface area contributed by atoms with E-state index in [2.05, 4.69) is 10.1 Å². The Balaban J connectivity index is 1.55. The number of benzene rings is 1. The zero-order valence-corrected chi connectivity index (χ0v) is 16.3. The van der Waals surface area contributed by atoms with Crippen molar-refractivity contribution in [3.05, 3.63) is 53.3 Å². The monoisotopic (exact) mass is 399 g/mol. The van der Waals surface area contributed by atoms with E-state index >= 15 is 0 Å². The summed E-state index contributed by atoms with van der Waals surface area (Å²) in [4.78, 5) is 29.2. The summed E-state index contributed by atoms with van der Waals surface area (Å²) < 4.78 is 15.7. The molecule has 0 radical (unpaired) electrons. The summed E-state index contributed by atoms with van der Waals surface area (Å²) in [7, 11) is 3.21. The summed E-state index contributed by atoms with van der Waals surface area (Å²) in [5, 5.41) is 13.0. The van der Waals surface area contributed by atoms with Crippen molar-refractivity contribution in [3.8, 4) is 17.1 Å². The minimum absolute atomic E-state index is 0.0952. The van der Waals surface area contributed by atoms with Gasteiger partial charge in [0.2, 0.25) is 17.6 Å². The van der Waals surface area contributed by atoms with Gasteiger partial charge in [0.1, 0.15) is 22.8 Å². The molecule has 2 heterocycles. The lowest BCUT2D eigenvalue weighted by Gasteiger charge is -2.14. The van der Waals surface area contributed by atoms with Crippen LogP contribution < -0.4 is 4.74 Å². The van der Waals surface area contributed by atoms with Gasteiger partial charge in [0.25, 0.3) is 0 Å². The number of ether oxygens (including phenoxy) is 1. The van der Waals surface area contributed by atoms with E-state index in [0.29, 0.717) is 29.7 Å². The number of rotatable bonds is 8. The lowest BCUT2D eigenvalue weighted by atomic mass is 10.2. The number of carbonyl (C=O) groups excluding carboxylic acids is 1. The minimum Gasteiger partial charge on any atom is -0.497 e. The second kappa shape index (κ2) is 8.59. The second-order valence-electron chi connectivity index (χ2n) is 6.48. The van der Waals surface area contributed by atoms with Crippen LogP contribution in [0.5, 0.6) is 5.75 Å². The largest absolute Gasteiger partial charge is 0.497 e. The standard InChI is InChI=1S/C20H21N3O6/c1-12-16(20(25)26)10-15(28-12)11-23(2)18(24)9-8-17-21-19(22-29-17)13-4-6-14(27-3)7-5-13/h4-7,10H,8-9,11H2,1-3H3,(H,25,26). The van der Waals surface area contributed by atoms with E-state index in [1.165, 1.54) is 11.0 Å². The summed E-state index contributed by atoms with van der Waals surface area (Å²) in [5.74, 6) is 1.04. The first-order valence-electron chi connectivity index (χ1n) is 8.91. The molecule has 0 aliphatic carbocycles. The Morgan fingerprint density at radius 1 is 1.24 bits per heavy atom. The van der Waals surface area contributed by atoms with E-state index in [4.69, 9.17) is 18.8 Å². The highest BCUT2D eigenvalue weighted by Gasteiger charge is 2.18. The van der Waals surface area contributed by atoms with Gasteiger partial charge in [0, 0.05) is 25.5 Å². The Hall–Kier alpha value is -3.62. The third-order valence-corrected chi connectivity index (χ3v) is 4.39. The van der Waals surface area contributed by atoms with Crippen molar-refractivity contribution in [2.75, 3.05) is 14.2 Å². The molecular weight excluding hydrogens is 378 g/mol. The average molecular weight is 399 g/mol. The van der Waals surface area contributed by atoms with E-state index in [1.807, 2.05) is 12.1 Å². The molecule has 0 atom stereocenters. The predicted octanol–water partition coefficient (Wildman–Crippen LogP) is 2.94. The Bertz CT molecular complexity index is 1010. The van der Waals surface area contributed by atoms with Gasteiger partial charge in [-0.1, -0.05) is 5.16 Å². The first kappa shape index (κ1) is 20.1. The van der Waals surface area contributed by atoms with Crippen molar-refractivity contribution >= 4 is 11.9 Å². The fourth-order valence-electron chi connectivity index (χ4n) is 2.77. The zero-order chi connectivity index (χ0) is 21.0. The third-order valence-electron chi connectivity index (χ3n) is 4.39. The number of amides is 1. The molecule has 3 aromatic rings. The molecule has 1 N–H and O–H groups in total. The smallest absolute Gasteiger partial charge is 0.339 e. The predicted molar refractivity (Wildman–Crippen MR) is 101 cm³/mol. The van der Waals surface area contributed by atoms with Crippen LogP contribution in [-0.2, 0) is 17.8 Å². The van der Waals surface area contributed by atoms with Crippen LogP contribution >= 0.6 is 0 Å². The molecule has 9 nitrogen and oxygen atoms in total. The number of carbonyl (C=O) groups is 2. The van der Waals surface area contributed by atoms with Crippen molar-refractivity contribution < 1.29 is 28.4 Å². The van der Waals surface area contributed by atoms with Crippen molar-refractivity contribution in [3.63, 3.8) is 0 Å². The summed E-state index contributed by atoms with van der Waals surface area (Å²) in [5.41, 5.74) is 0.879. The SMILES string of the molecule is COc1ccc(-c2noc(CCC(=O)N(C)Cc3cc(C(=O)O)c(C)o3)n2)cc1. The molecule has 0 aliphatic rings. The number of furan rings is 1. The van der Waals surface area contributed by atoms with E-state index < -0.39 is 5.97 Å². The van der Waals surface area contributed by atoms with Gasteiger partial charge < -0.3 is 23.7 Å². The maximum Gasteiger partial charge on any atom is 0.339 e. The summed E-state index contributed by atoms with van der Waals surface area (Å²) in [6, 6.07) is 8.68. The fraction of sp³-hybridized carbons (Fsp3) is 0.300. The van der Waals surface area contributed by atoms with Gasteiger partial charge in [-0.3, -0.25) is 4.79 Å². The molecule has 1 amide bonds. The lowest BCUT2D eigenvalue weighted by molar-refractivity contribution is -0.130. The Morgan fingerprint density at radius 3 is 2.59 bits per heavy atom. The van der Waals surface area contributed by atoms with Gasteiger partial charge >= 0.3 is 5.97 Å². The van der Waals surface area contributed by atoms with Crippen LogP contribution in [0.25, 0.3) is 11.4 Å². The highest BCUT2D eigenvalue weighted by Crippen LogP contribution is 2.20. The molecule has 2 aromatic heterocycles. The van der Waals surface area contributed by atoms with Crippen LogP contribution in [-0.4, -0.2) is 46.2 Å². The van der Waals surface area contributed by atoms with Crippen molar-refractivity contribution in [1.29, 1.82) is 0 Å². The van der Waals surface area contributed by atoms with E-state index in [9.17, 15) is 9.59 Å². The summed E-state index contributed by atoms with van der Waals surface area (Å²) >= 11 is 0. The molecule has 0 fully saturated rings. The number of aromatic carboxylic acids is 1. The summed E-state index contributed by atoms with van der Waals surface area (Å²) in [6.45, 7) is 1.75. The first-order valence-corrected chi connectivity index (χ1v) is 8.91. The number of methoxy groups -OCH3 is 1. The number of hydrogen-bond acceptors (Lipinski definition) is 7. The van der Waals surface area contributed by atoms with E-state index in [1.54, 1.807) is 33.2 Å². The van der Waals surface area contributed by atoms with Crippen molar-refractivity contribution in [2.24, 2.45) is 0 Å². The lowest BCUT2D eigenvalue weighted by Crippen LogP contribution is -2.26. The molecule has 0 saturated heterocycles. The quantitative estimate of drug-likeness (QED) is 0.614. The zero-order valence-electron chi connectivity index (χ0n) is 16.3. The molecule has 9 heteroatoms. The number of aromatic nitrogens is 2. The fourth-order valence-corrected chi connectivity index (χ4v) is 2.77. The van der Waals surface area contributed by atoms with E-state index in [0.717, 1.165) is 11.3 Å². The number of carboxylic acids is 1. The molecule has 0 bridgehead atoms. The molecular formula is C20H21N3O6. The number of hydrogen-bond donors (Lipinski definition) is 1. The van der Waals surface area contributed by atoms with Gasteiger partial charge in [0.15, 0.2) is 0 Å². The van der Waals surface area contributed by atoms with Crippen LogP contribution in [0.3, 0.4) is 0 Å². The molecule has 0 spiro atoms. The molecule has 152 valence electrons. The second-order valence-corrected chi connectivity index (χ2v) is 6.48. The molecule has 29 heavy (non-hydrogen) atoms. The van der Waals surface area contributed by atoms with Crippen LogP contribution in [0.1, 0.15) is 34.2 Å². The number of aryl methyl sites for hydroxylation is 2. The van der Waals surface area contributed by atoms with Gasteiger partial charge in [-0.15, -0.1) is 0 Å². The Labute approximate surface area is 166 Å². The van der Waals surface area contributed by atoms with Gasteiger partial charge in [-0.2, -0.15) is 4.98 Å². The molecule has 1 aromatic carbocycles. The first-order chi connectivity index (χ1) is 13.9. The maximum absolute atomic E-state index is 12.4. The topological polar surface area (TPSA) is 119 Å². The van der Waals surface area contributed by atoms with E-state index in [-0.39, 0.29) is 24.4 Å². The number of nitrogens with zero attached hydrogens (tertiary/aromatic N) is 3. The van der Waals surface area contributed by atoms with Crippen LogP contribution in [0.15, 0.2) is 39.3 Å².